The van der Waals surface area contributed by atoms with Crippen molar-refractivity contribution in [1.29, 1.82) is 0 Å². The molecule has 0 bridgehead atoms. The van der Waals surface area contributed by atoms with Gasteiger partial charge in [0.05, 0.1) is 38.7 Å². The number of fused-ring (bicyclic) bond motifs is 3. The van der Waals surface area contributed by atoms with Crippen LogP contribution in [0.4, 0.5) is 5.95 Å². The first-order valence-electron chi connectivity index (χ1n) is 7.85. The third kappa shape index (κ3) is 2.32. The molecule has 1 saturated heterocycles. The first kappa shape index (κ1) is 14.3. The molecule has 0 aliphatic carbocycles. The van der Waals surface area contributed by atoms with Gasteiger partial charge in [0.15, 0.2) is 5.65 Å². The molecule has 1 aliphatic rings. The number of aryl methyl sites for hydroxylation is 2. The van der Waals surface area contributed by atoms with Crippen LogP contribution >= 0.6 is 0 Å². The highest BCUT2D eigenvalue weighted by Gasteiger charge is 2.24. The quantitative estimate of drug-likeness (QED) is 0.504. The van der Waals surface area contributed by atoms with E-state index in [1.165, 1.54) is 5.56 Å². The molecule has 1 aromatic carbocycles. The van der Waals surface area contributed by atoms with Crippen LogP contribution in [0.5, 0.6) is 0 Å². The van der Waals surface area contributed by atoms with Crippen molar-refractivity contribution < 1.29 is 4.65 Å². The number of anilines is 1. The van der Waals surface area contributed by atoms with Gasteiger partial charge in [0.1, 0.15) is 5.52 Å². The summed E-state index contributed by atoms with van der Waals surface area (Å²) in [6.45, 7) is 4.50. The molecule has 0 unspecified atom stereocenters. The van der Waals surface area contributed by atoms with Crippen molar-refractivity contribution in [2.24, 2.45) is 7.05 Å². The van der Waals surface area contributed by atoms with Crippen LogP contribution in [0.2, 0.25) is 0 Å². The Morgan fingerprint density at radius 1 is 1.17 bits per heavy atom. The molecule has 120 valence electrons. The van der Waals surface area contributed by atoms with Crippen LogP contribution in [0, 0.1) is 12.1 Å². The normalized spacial score (nSPS) is 18.0. The van der Waals surface area contributed by atoms with Crippen molar-refractivity contribution in [2.75, 3.05) is 38.1 Å². The van der Waals surface area contributed by atoms with Gasteiger partial charge in [-0.05, 0) is 19.1 Å². The monoisotopic (exact) mass is 312 g/mol. The molecule has 0 radical (unpaired) electrons. The van der Waals surface area contributed by atoms with E-state index in [0.29, 0.717) is 32.1 Å². The Balaban J connectivity index is 1.79. The average Bonchev–Trinajstić information content (AvgIpc) is 2.79. The fourth-order valence-electron chi connectivity index (χ4n) is 3.19. The summed E-state index contributed by atoms with van der Waals surface area (Å²) in [5.74, 6) is 0.611. The largest absolute Gasteiger partial charge is 0.633 e. The Labute approximate surface area is 134 Å². The zero-order valence-electron chi connectivity index (χ0n) is 13.7. The molecule has 0 spiro atoms. The number of aromatic nitrogens is 4. The Bertz CT molecular complexity index is 890. The van der Waals surface area contributed by atoms with E-state index >= 15 is 0 Å². The van der Waals surface area contributed by atoms with Crippen LogP contribution in [0.25, 0.3) is 22.1 Å². The zero-order valence-corrected chi connectivity index (χ0v) is 13.7. The second-order valence-corrected chi connectivity index (χ2v) is 6.59. The minimum absolute atomic E-state index is 0.195. The lowest BCUT2D eigenvalue weighted by atomic mass is 10.2. The van der Waals surface area contributed by atoms with Crippen LogP contribution < -0.4 is 4.90 Å². The minimum Gasteiger partial charge on any atom is -0.633 e. The van der Waals surface area contributed by atoms with E-state index in [2.05, 4.69) is 39.9 Å². The van der Waals surface area contributed by atoms with Crippen LogP contribution in [0.3, 0.4) is 0 Å². The molecule has 3 aromatic rings. The molecule has 7 heteroatoms. The van der Waals surface area contributed by atoms with Crippen molar-refractivity contribution >= 4 is 28.0 Å². The van der Waals surface area contributed by atoms with Crippen LogP contribution in [0.15, 0.2) is 18.2 Å². The lowest BCUT2D eigenvalue weighted by Crippen LogP contribution is -2.54. The molecule has 0 N–H and O–H groups in total. The Hall–Kier alpha value is -2.25. The van der Waals surface area contributed by atoms with E-state index in [4.69, 9.17) is 4.98 Å². The summed E-state index contributed by atoms with van der Waals surface area (Å²) < 4.78 is 1.86. The second-order valence-electron chi connectivity index (χ2n) is 6.59. The fraction of sp³-hybridized carbons (Fsp3) is 0.438. The molecular formula is C16H20N6O. The van der Waals surface area contributed by atoms with Gasteiger partial charge in [-0.2, -0.15) is 4.98 Å². The standard InChI is InChI=1S/C16H20N6O/c1-11-4-5-13-12(10-11)14-15(20(13)2)17-16(19-18-14)21-6-8-22(3,23)9-7-21/h4-5,10H,6-9H2,1-3H3. The molecule has 3 heterocycles. The number of quaternary nitrogens is 1. The number of benzene rings is 1. The molecule has 2 aromatic heterocycles. The number of piperazine rings is 1. The SMILES string of the molecule is Cc1ccc2c(c1)c1nnc(N3CC[N+](C)([O-])CC3)nc1n2C. The van der Waals surface area contributed by atoms with Gasteiger partial charge in [0.2, 0.25) is 5.95 Å². The second kappa shape index (κ2) is 4.87. The maximum atomic E-state index is 12.0. The highest BCUT2D eigenvalue weighted by Crippen LogP contribution is 2.27. The van der Waals surface area contributed by atoms with Gasteiger partial charge < -0.3 is 19.3 Å². The predicted molar refractivity (Wildman–Crippen MR) is 90.0 cm³/mol. The van der Waals surface area contributed by atoms with Gasteiger partial charge in [-0.25, -0.2) is 0 Å². The predicted octanol–water partition coefficient (Wildman–Crippen LogP) is 1.59. The molecule has 23 heavy (non-hydrogen) atoms. The average molecular weight is 312 g/mol. The highest BCUT2D eigenvalue weighted by atomic mass is 16.5. The van der Waals surface area contributed by atoms with Gasteiger partial charge >= 0.3 is 0 Å². The lowest BCUT2D eigenvalue weighted by molar-refractivity contribution is -0.861. The maximum Gasteiger partial charge on any atom is 0.247 e. The summed E-state index contributed by atoms with van der Waals surface area (Å²) in [6.07, 6.45) is 0. The summed E-state index contributed by atoms with van der Waals surface area (Å²) >= 11 is 0. The summed E-state index contributed by atoms with van der Waals surface area (Å²) in [5.41, 5.74) is 3.96. The van der Waals surface area contributed by atoms with Crippen LogP contribution in [-0.2, 0) is 7.05 Å². The maximum absolute atomic E-state index is 12.0. The number of nitrogens with zero attached hydrogens (tertiary/aromatic N) is 6. The van der Waals surface area contributed by atoms with E-state index < -0.39 is 0 Å². The molecule has 4 rings (SSSR count). The van der Waals surface area contributed by atoms with Crippen molar-refractivity contribution in [3.8, 4) is 0 Å². The Morgan fingerprint density at radius 2 is 1.91 bits per heavy atom. The Morgan fingerprint density at radius 3 is 2.65 bits per heavy atom. The van der Waals surface area contributed by atoms with E-state index in [9.17, 15) is 5.21 Å². The number of hydrogen-bond donors (Lipinski definition) is 0. The van der Waals surface area contributed by atoms with Crippen molar-refractivity contribution in [3.63, 3.8) is 0 Å². The zero-order chi connectivity index (χ0) is 16.2. The van der Waals surface area contributed by atoms with E-state index in [-0.39, 0.29) is 4.65 Å². The summed E-state index contributed by atoms with van der Waals surface area (Å²) in [7, 11) is 3.71. The fourth-order valence-corrected chi connectivity index (χ4v) is 3.19. The van der Waals surface area contributed by atoms with Gasteiger partial charge in [-0.3, -0.25) is 0 Å². The number of rotatable bonds is 1. The summed E-state index contributed by atoms with van der Waals surface area (Å²) in [4.78, 5) is 6.77. The topological polar surface area (TPSA) is 69.9 Å². The first-order valence-corrected chi connectivity index (χ1v) is 7.85. The smallest absolute Gasteiger partial charge is 0.247 e. The Kier molecular flexibility index (Phi) is 3.04. The van der Waals surface area contributed by atoms with Crippen molar-refractivity contribution in [2.45, 2.75) is 6.92 Å². The van der Waals surface area contributed by atoms with Gasteiger partial charge in [-0.1, -0.05) is 11.6 Å². The molecule has 7 nitrogen and oxygen atoms in total. The summed E-state index contributed by atoms with van der Waals surface area (Å²) in [5, 5.41) is 21.8. The van der Waals surface area contributed by atoms with Gasteiger partial charge in [0.25, 0.3) is 0 Å². The number of likely N-dealkylation sites (N-methyl/N-ethyl adjacent to an activating group) is 1. The van der Waals surface area contributed by atoms with E-state index in [1.807, 2.05) is 11.9 Å². The molecule has 1 aliphatic heterocycles. The van der Waals surface area contributed by atoms with Crippen LogP contribution in [-0.4, -0.2) is 57.6 Å². The molecule has 1 fully saturated rings. The third-order valence-corrected chi connectivity index (χ3v) is 4.71. The minimum atomic E-state index is -0.195. The van der Waals surface area contributed by atoms with Crippen molar-refractivity contribution in [3.05, 3.63) is 29.0 Å². The third-order valence-electron chi connectivity index (χ3n) is 4.71. The lowest BCUT2D eigenvalue weighted by Gasteiger charge is -2.45. The number of hydrogen-bond acceptors (Lipinski definition) is 5. The number of hydroxylamine groups is 3. The first-order chi connectivity index (χ1) is 10.9. The highest BCUT2D eigenvalue weighted by molar-refractivity contribution is 6.04. The van der Waals surface area contributed by atoms with Crippen molar-refractivity contribution in [1.82, 2.24) is 19.7 Å². The molecular weight excluding hydrogens is 292 g/mol. The molecule has 0 saturated carbocycles. The van der Waals surface area contributed by atoms with E-state index in [1.54, 1.807) is 7.05 Å². The van der Waals surface area contributed by atoms with Gasteiger partial charge in [0, 0.05) is 12.4 Å². The summed E-state index contributed by atoms with van der Waals surface area (Å²) in [6, 6.07) is 6.30. The van der Waals surface area contributed by atoms with E-state index in [0.717, 1.165) is 22.1 Å². The van der Waals surface area contributed by atoms with Gasteiger partial charge in [-0.15, -0.1) is 10.2 Å². The molecule has 0 atom stereocenters. The molecule has 0 amide bonds. The van der Waals surface area contributed by atoms with Crippen LogP contribution in [0.1, 0.15) is 5.56 Å².